The number of methoxy groups -OCH3 is 1. The Bertz CT molecular complexity index is 394. The summed E-state index contributed by atoms with van der Waals surface area (Å²) in [6, 6.07) is 5.16. The predicted molar refractivity (Wildman–Crippen MR) is 71.8 cm³/mol. The first-order valence-corrected chi connectivity index (χ1v) is 5.98. The molecule has 5 nitrogen and oxygen atoms in total. The maximum atomic E-state index is 11.7. The van der Waals surface area contributed by atoms with Gasteiger partial charge in [-0.25, -0.2) is 0 Å². The van der Waals surface area contributed by atoms with Gasteiger partial charge in [-0.2, -0.15) is 0 Å². The molecular weight excluding hydrogens is 232 g/mol. The van der Waals surface area contributed by atoms with E-state index in [9.17, 15) is 4.79 Å². The van der Waals surface area contributed by atoms with Crippen LogP contribution in [0.25, 0.3) is 0 Å². The summed E-state index contributed by atoms with van der Waals surface area (Å²) in [7, 11) is 1.57. The van der Waals surface area contributed by atoms with Crippen LogP contribution in [-0.4, -0.2) is 26.2 Å². The molecule has 0 atom stereocenters. The van der Waals surface area contributed by atoms with Crippen LogP contribution in [0.1, 0.15) is 19.8 Å². The molecule has 3 N–H and O–H groups in total. The van der Waals surface area contributed by atoms with E-state index in [1.54, 1.807) is 25.3 Å². The molecule has 100 valence electrons. The molecule has 0 saturated carbocycles. The second-order valence-corrected chi connectivity index (χ2v) is 3.80. The highest BCUT2D eigenvalue weighted by Gasteiger charge is 2.06. The van der Waals surface area contributed by atoms with E-state index in [1.165, 1.54) is 0 Å². The van der Waals surface area contributed by atoms with Crippen LogP contribution in [0.2, 0.25) is 0 Å². The molecule has 0 heterocycles. The normalized spacial score (nSPS) is 10.1. The van der Waals surface area contributed by atoms with Crippen LogP contribution >= 0.6 is 0 Å². The minimum atomic E-state index is -0.0744. The Morgan fingerprint density at radius 3 is 2.89 bits per heavy atom. The summed E-state index contributed by atoms with van der Waals surface area (Å²) in [5.41, 5.74) is 6.88. The number of ether oxygens (including phenoxy) is 2. The molecule has 18 heavy (non-hydrogen) atoms. The van der Waals surface area contributed by atoms with E-state index in [4.69, 9.17) is 15.2 Å². The molecule has 0 spiro atoms. The zero-order valence-electron chi connectivity index (χ0n) is 10.9. The van der Waals surface area contributed by atoms with Gasteiger partial charge in [0.05, 0.1) is 18.5 Å². The molecule has 0 saturated heterocycles. The Hall–Kier alpha value is -1.75. The van der Waals surface area contributed by atoms with Gasteiger partial charge in [0, 0.05) is 25.7 Å². The van der Waals surface area contributed by atoms with E-state index in [2.05, 4.69) is 5.32 Å². The first-order chi connectivity index (χ1) is 8.67. The lowest BCUT2D eigenvalue weighted by atomic mass is 10.2. The Labute approximate surface area is 107 Å². The van der Waals surface area contributed by atoms with Gasteiger partial charge in [-0.05, 0) is 25.5 Å². The van der Waals surface area contributed by atoms with E-state index in [0.717, 1.165) is 0 Å². The predicted octanol–water partition coefficient (Wildman–Crippen LogP) is 2.03. The third kappa shape index (κ3) is 4.63. The molecule has 1 amide bonds. The molecule has 5 heteroatoms. The third-order valence-corrected chi connectivity index (χ3v) is 2.43. The second-order valence-electron chi connectivity index (χ2n) is 3.80. The number of hydrogen-bond acceptors (Lipinski definition) is 4. The molecular formula is C13H20N2O3. The van der Waals surface area contributed by atoms with Gasteiger partial charge < -0.3 is 20.5 Å². The zero-order valence-corrected chi connectivity index (χ0v) is 10.9. The lowest BCUT2D eigenvalue weighted by Crippen LogP contribution is -2.13. The van der Waals surface area contributed by atoms with Crippen LogP contribution in [0.3, 0.4) is 0 Å². The lowest BCUT2D eigenvalue weighted by molar-refractivity contribution is -0.116. The van der Waals surface area contributed by atoms with E-state index in [1.807, 2.05) is 6.92 Å². The van der Waals surface area contributed by atoms with Crippen LogP contribution in [0.15, 0.2) is 18.2 Å². The quantitative estimate of drug-likeness (QED) is 0.575. The number of nitrogen functional groups attached to an aromatic ring is 1. The molecule has 0 aliphatic heterocycles. The van der Waals surface area contributed by atoms with Crippen molar-refractivity contribution < 1.29 is 14.3 Å². The third-order valence-electron chi connectivity index (χ3n) is 2.43. The summed E-state index contributed by atoms with van der Waals surface area (Å²) in [5.74, 6) is 0.587. The molecule has 0 unspecified atom stereocenters. The summed E-state index contributed by atoms with van der Waals surface area (Å²) < 4.78 is 10.2. The van der Waals surface area contributed by atoms with E-state index in [0.29, 0.717) is 43.2 Å². The zero-order chi connectivity index (χ0) is 13.4. The van der Waals surface area contributed by atoms with Gasteiger partial charge in [0.15, 0.2) is 0 Å². The molecule has 0 bridgehead atoms. The summed E-state index contributed by atoms with van der Waals surface area (Å²) in [5, 5.41) is 2.76. The summed E-state index contributed by atoms with van der Waals surface area (Å²) in [6.45, 7) is 3.19. The number of carbonyl (C=O) groups excluding carboxylic acids is 1. The first-order valence-electron chi connectivity index (χ1n) is 5.98. The van der Waals surface area contributed by atoms with Gasteiger partial charge in [-0.3, -0.25) is 4.79 Å². The molecule has 1 aromatic rings. The highest BCUT2D eigenvalue weighted by Crippen LogP contribution is 2.24. The maximum absolute atomic E-state index is 11.7. The fourth-order valence-corrected chi connectivity index (χ4v) is 1.46. The fraction of sp³-hybridized carbons (Fsp3) is 0.462. The van der Waals surface area contributed by atoms with Gasteiger partial charge in [0.1, 0.15) is 5.75 Å². The molecule has 1 aromatic carbocycles. The van der Waals surface area contributed by atoms with Crippen LogP contribution in [0.4, 0.5) is 11.4 Å². The van der Waals surface area contributed by atoms with Crippen molar-refractivity contribution in [3.8, 4) is 5.75 Å². The van der Waals surface area contributed by atoms with Crippen LogP contribution < -0.4 is 15.8 Å². The summed E-state index contributed by atoms with van der Waals surface area (Å²) in [4.78, 5) is 11.7. The highest BCUT2D eigenvalue weighted by atomic mass is 16.5. The van der Waals surface area contributed by atoms with Gasteiger partial charge in [0.25, 0.3) is 0 Å². The van der Waals surface area contributed by atoms with Crippen LogP contribution in [-0.2, 0) is 9.53 Å². The SMILES string of the molecule is CCOCCCC(=O)Nc1cc(OC)ccc1N. The molecule has 1 rings (SSSR count). The van der Waals surface area contributed by atoms with Crippen molar-refractivity contribution >= 4 is 17.3 Å². The highest BCUT2D eigenvalue weighted by molar-refractivity contribution is 5.94. The average Bonchev–Trinajstić information content (AvgIpc) is 2.37. The topological polar surface area (TPSA) is 73.6 Å². The van der Waals surface area contributed by atoms with Crippen molar-refractivity contribution in [2.45, 2.75) is 19.8 Å². The maximum Gasteiger partial charge on any atom is 0.224 e. The number of nitrogens with one attached hydrogen (secondary N) is 1. The smallest absolute Gasteiger partial charge is 0.224 e. The Morgan fingerprint density at radius 2 is 2.22 bits per heavy atom. The average molecular weight is 252 g/mol. The molecule has 0 aliphatic carbocycles. The molecule has 0 aromatic heterocycles. The van der Waals surface area contributed by atoms with Crippen molar-refractivity contribution in [3.63, 3.8) is 0 Å². The number of hydrogen-bond donors (Lipinski definition) is 2. The number of nitrogens with two attached hydrogens (primary N) is 1. The lowest BCUT2D eigenvalue weighted by Gasteiger charge is -2.10. The number of carbonyl (C=O) groups is 1. The van der Waals surface area contributed by atoms with Gasteiger partial charge in [-0.15, -0.1) is 0 Å². The number of benzene rings is 1. The van der Waals surface area contributed by atoms with Crippen molar-refractivity contribution in [2.75, 3.05) is 31.4 Å². The number of anilines is 2. The number of amides is 1. The summed E-state index contributed by atoms with van der Waals surface area (Å²) in [6.07, 6.45) is 1.11. The van der Waals surface area contributed by atoms with Crippen molar-refractivity contribution in [1.82, 2.24) is 0 Å². The standard InChI is InChI=1S/C13H20N2O3/c1-3-18-8-4-5-13(16)15-12-9-10(17-2)6-7-11(12)14/h6-7,9H,3-5,8,14H2,1-2H3,(H,15,16). The monoisotopic (exact) mass is 252 g/mol. The Kier molecular flexibility index (Phi) is 6.00. The van der Waals surface area contributed by atoms with Crippen molar-refractivity contribution in [1.29, 1.82) is 0 Å². The largest absolute Gasteiger partial charge is 0.497 e. The van der Waals surface area contributed by atoms with Gasteiger partial charge in [-0.1, -0.05) is 0 Å². The second kappa shape index (κ2) is 7.55. The van der Waals surface area contributed by atoms with Crippen molar-refractivity contribution in [3.05, 3.63) is 18.2 Å². The van der Waals surface area contributed by atoms with E-state index < -0.39 is 0 Å². The van der Waals surface area contributed by atoms with Gasteiger partial charge in [0.2, 0.25) is 5.91 Å². The number of rotatable bonds is 7. The Balaban J connectivity index is 2.48. The Morgan fingerprint density at radius 1 is 1.44 bits per heavy atom. The minimum Gasteiger partial charge on any atom is -0.497 e. The van der Waals surface area contributed by atoms with Crippen LogP contribution in [0, 0.1) is 0 Å². The fourth-order valence-electron chi connectivity index (χ4n) is 1.46. The van der Waals surface area contributed by atoms with Crippen molar-refractivity contribution in [2.24, 2.45) is 0 Å². The van der Waals surface area contributed by atoms with Crippen LogP contribution in [0.5, 0.6) is 5.75 Å². The molecule has 0 fully saturated rings. The minimum absolute atomic E-state index is 0.0744. The van der Waals surface area contributed by atoms with E-state index >= 15 is 0 Å². The van der Waals surface area contributed by atoms with E-state index in [-0.39, 0.29) is 5.91 Å². The van der Waals surface area contributed by atoms with Gasteiger partial charge >= 0.3 is 0 Å². The summed E-state index contributed by atoms with van der Waals surface area (Å²) >= 11 is 0. The first kappa shape index (κ1) is 14.3. The molecule has 0 aliphatic rings. The molecule has 0 radical (unpaired) electrons.